The predicted molar refractivity (Wildman–Crippen MR) is 83.7 cm³/mol. The molecule has 1 aromatic carbocycles. The third-order valence-corrected chi connectivity index (χ3v) is 4.15. The second-order valence-corrected chi connectivity index (χ2v) is 5.99. The van der Waals surface area contributed by atoms with E-state index < -0.39 is 0 Å². The number of fused-ring (bicyclic) bond motifs is 1. The molecule has 1 heterocycles. The Morgan fingerprint density at radius 1 is 1.29 bits per heavy atom. The zero-order chi connectivity index (χ0) is 15.0. The average molecular weight is 284 g/mol. The third-order valence-electron chi connectivity index (χ3n) is 4.15. The molecule has 1 aliphatic rings. The summed E-state index contributed by atoms with van der Waals surface area (Å²) in [5, 5.41) is 4.50. The molecule has 0 spiro atoms. The molecule has 1 fully saturated rings. The van der Waals surface area contributed by atoms with Gasteiger partial charge in [0.2, 0.25) is 0 Å². The van der Waals surface area contributed by atoms with Gasteiger partial charge >= 0.3 is 0 Å². The molecule has 21 heavy (non-hydrogen) atoms. The number of hydrogen-bond donors (Lipinski definition) is 1. The van der Waals surface area contributed by atoms with Crippen molar-refractivity contribution in [3.05, 3.63) is 46.4 Å². The Bertz CT molecular complexity index is 742. The summed E-state index contributed by atoms with van der Waals surface area (Å²) in [6, 6.07) is 9.46. The van der Waals surface area contributed by atoms with E-state index in [0.717, 1.165) is 18.2 Å². The van der Waals surface area contributed by atoms with Gasteiger partial charge < -0.3 is 9.88 Å². The topological polar surface area (TPSA) is 51.1 Å². The summed E-state index contributed by atoms with van der Waals surface area (Å²) >= 11 is 0. The van der Waals surface area contributed by atoms with E-state index >= 15 is 0 Å². The van der Waals surface area contributed by atoms with Crippen LogP contribution >= 0.6 is 0 Å². The molecule has 1 N–H and O–H groups in total. The molecule has 4 heteroatoms. The maximum Gasteiger partial charge on any atom is 0.268 e. The highest BCUT2D eigenvalue weighted by Gasteiger charge is 2.23. The summed E-state index contributed by atoms with van der Waals surface area (Å²) in [7, 11) is 0. The van der Waals surface area contributed by atoms with E-state index in [9.17, 15) is 9.59 Å². The van der Waals surface area contributed by atoms with Gasteiger partial charge in [0.05, 0.1) is 0 Å². The van der Waals surface area contributed by atoms with Crippen LogP contribution in [0, 0.1) is 0 Å². The van der Waals surface area contributed by atoms with Gasteiger partial charge in [0, 0.05) is 17.5 Å². The van der Waals surface area contributed by atoms with Crippen LogP contribution in [0.25, 0.3) is 10.8 Å². The van der Waals surface area contributed by atoms with Gasteiger partial charge in [-0.25, -0.2) is 0 Å². The van der Waals surface area contributed by atoms with E-state index in [0.29, 0.717) is 11.1 Å². The summed E-state index contributed by atoms with van der Waals surface area (Å²) in [5.41, 5.74) is 0.363. The van der Waals surface area contributed by atoms with Crippen molar-refractivity contribution in [1.82, 2.24) is 9.88 Å². The second kappa shape index (κ2) is 5.35. The van der Waals surface area contributed by atoms with E-state index in [-0.39, 0.29) is 23.6 Å². The first-order chi connectivity index (χ1) is 10.1. The SMILES string of the molecule is CC(C)n1c(C(=O)NC2CCC2)cc2ccccc2c1=O. The molecular weight excluding hydrogens is 264 g/mol. The number of rotatable bonds is 3. The van der Waals surface area contributed by atoms with Crippen LogP contribution < -0.4 is 10.9 Å². The monoisotopic (exact) mass is 284 g/mol. The van der Waals surface area contributed by atoms with Gasteiger partial charge in [-0.1, -0.05) is 18.2 Å². The summed E-state index contributed by atoms with van der Waals surface area (Å²) < 4.78 is 1.59. The van der Waals surface area contributed by atoms with Gasteiger partial charge in [-0.3, -0.25) is 9.59 Å². The van der Waals surface area contributed by atoms with Crippen LogP contribution in [0.4, 0.5) is 0 Å². The quantitative estimate of drug-likeness (QED) is 0.942. The van der Waals surface area contributed by atoms with Gasteiger partial charge in [0.1, 0.15) is 5.69 Å². The number of amides is 1. The maximum absolute atomic E-state index is 12.6. The van der Waals surface area contributed by atoms with Crippen molar-refractivity contribution in [2.75, 3.05) is 0 Å². The highest BCUT2D eigenvalue weighted by Crippen LogP contribution is 2.20. The Kier molecular flexibility index (Phi) is 3.53. The normalized spacial score (nSPS) is 15.2. The van der Waals surface area contributed by atoms with Crippen LogP contribution in [0.3, 0.4) is 0 Å². The number of aromatic nitrogens is 1. The van der Waals surface area contributed by atoms with Gasteiger partial charge in [-0.2, -0.15) is 0 Å². The van der Waals surface area contributed by atoms with Crippen molar-refractivity contribution < 1.29 is 4.79 Å². The minimum atomic E-state index is -0.142. The maximum atomic E-state index is 12.6. The standard InChI is InChI=1S/C17H20N2O2/c1-11(2)19-15(16(20)18-13-7-5-8-13)10-12-6-3-4-9-14(12)17(19)21/h3-4,6,9-11,13H,5,7-8H2,1-2H3,(H,18,20). The van der Waals surface area contributed by atoms with Crippen molar-refractivity contribution in [3.8, 4) is 0 Å². The average Bonchev–Trinajstić information content (AvgIpc) is 2.42. The van der Waals surface area contributed by atoms with E-state index in [2.05, 4.69) is 5.32 Å². The van der Waals surface area contributed by atoms with Crippen LogP contribution in [0.15, 0.2) is 35.1 Å². The largest absolute Gasteiger partial charge is 0.348 e. The number of pyridine rings is 1. The molecule has 2 aromatic rings. The molecule has 3 rings (SSSR count). The second-order valence-electron chi connectivity index (χ2n) is 5.99. The van der Waals surface area contributed by atoms with Crippen molar-refractivity contribution in [2.45, 2.75) is 45.2 Å². The molecule has 110 valence electrons. The first-order valence-corrected chi connectivity index (χ1v) is 7.53. The van der Waals surface area contributed by atoms with Crippen LogP contribution in [0.2, 0.25) is 0 Å². The molecule has 1 aliphatic carbocycles. The Morgan fingerprint density at radius 2 is 2.00 bits per heavy atom. The predicted octanol–water partition coefficient (Wildman–Crippen LogP) is 2.86. The minimum absolute atomic E-state index is 0.0516. The zero-order valence-electron chi connectivity index (χ0n) is 12.4. The fraction of sp³-hybridized carbons (Fsp3) is 0.412. The number of carbonyl (C=O) groups excluding carboxylic acids is 1. The molecule has 0 aliphatic heterocycles. The fourth-order valence-electron chi connectivity index (χ4n) is 2.77. The number of hydrogen-bond acceptors (Lipinski definition) is 2. The molecule has 0 atom stereocenters. The van der Waals surface area contributed by atoms with E-state index in [1.165, 1.54) is 6.42 Å². The summed E-state index contributed by atoms with van der Waals surface area (Å²) in [4.78, 5) is 25.1. The highest BCUT2D eigenvalue weighted by molar-refractivity contribution is 5.97. The molecule has 0 radical (unpaired) electrons. The summed E-state index contributed by atoms with van der Waals surface area (Å²) in [6.45, 7) is 3.85. The van der Waals surface area contributed by atoms with Crippen LogP contribution in [0.5, 0.6) is 0 Å². The molecule has 1 saturated carbocycles. The molecule has 1 amide bonds. The van der Waals surface area contributed by atoms with E-state index in [1.807, 2.05) is 44.2 Å². The van der Waals surface area contributed by atoms with Crippen molar-refractivity contribution >= 4 is 16.7 Å². The Balaban J connectivity index is 2.13. The van der Waals surface area contributed by atoms with Crippen molar-refractivity contribution in [2.24, 2.45) is 0 Å². The molecule has 0 unspecified atom stereocenters. The Morgan fingerprint density at radius 3 is 2.62 bits per heavy atom. The molecule has 1 aromatic heterocycles. The molecular formula is C17H20N2O2. The van der Waals surface area contributed by atoms with Gasteiger partial charge in [0.15, 0.2) is 0 Å². The summed E-state index contributed by atoms with van der Waals surface area (Å²) in [5.74, 6) is -0.142. The number of benzene rings is 1. The van der Waals surface area contributed by atoms with Crippen molar-refractivity contribution in [1.29, 1.82) is 0 Å². The Hall–Kier alpha value is -2.10. The number of nitrogens with one attached hydrogen (secondary N) is 1. The van der Waals surface area contributed by atoms with Gasteiger partial charge in [-0.05, 0) is 50.6 Å². The highest BCUT2D eigenvalue weighted by atomic mass is 16.2. The number of nitrogens with zero attached hydrogens (tertiary/aromatic N) is 1. The van der Waals surface area contributed by atoms with Gasteiger partial charge in [0.25, 0.3) is 11.5 Å². The lowest BCUT2D eigenvalue weighted by Gasteiger charge is -2.27. The molecule has 4 nitrogen and oxygen atoms in total. The lowest BCUT2D eigenvalue weighted by molar-refractivity contribution is 0.0904. The zero-order valence-corrected chi connectivity index (χ0v) is 12.4. The first-order valence-electron chi connectivity index (χ1n) is 7.53. The van der Waals surface area contributed by atoms with Gasteiger partial charge in [-0.15, -0.1) is 0 Å². The van der Waals surface area contributed by atoms with E-state index in [1.54, 1.807) is 4.57 Å². The first kappa shape index (κ1) is 13.9. The third kappa shape index (κ3) is 2.46. The van der Waals surface area contributed by atoms with Crippen LogP contribution in [0.1, 0.15) is 49.6 Å². The lowest BCUT2D eigenvalue weighted by atomic mass is 9.93. The van der Waals surface area contributed by atoms with Crippen LogP contribution in [-0.4, -0.2) is 16.5 Å². The van der Waals surface area contributed by atoms with Crippen LogP contribution in [-0.2, 0) is 0 Å². The fourth-order valence-corrected chi connectivity index (χ4v) is 2.77. The minimum Gasteiger partial charge on any atom is -0.348 e. The number of carbonyl (C=O) groups is 1. The summed E-state index contributed by atoms with van der Waals surface area (Å²) in [6.07, 6.45) is 3.23. The smallest absolute Gasteiger partial charge is 0.268 e. The molecule has 0 saturated heterocycles. The molecule has 0 bridgehead atoms. The Labute approximate surface area is 123 Å². The van der Waals surface area contributed by atoms with E-state index in [4.69, 9.17) is 0 Å². The van der Waals surface area contributed by atoms with Crippen molar-refractivity contribution in [3.63, 3.8) is 0 Å². The lowest BCUT2D eigenvalue weighted by Crippen LogP contribution is -2.42.